The second-order valence-electron chi connectivity index (χ2n) is 8.02. The number of para-hydroxylation sites is 1. The van der Waals surface area contributed by atoms with Gasteiger partial charge >= 0.3 is 5.97 Å². The van der Waals surface area contributed by atoms with Crippen LogP contribution < -0.4 is 0 Å². The fraction of sp³-hybridized carbons (Fsp3) is 0.0333. The summed E-state index contributed by atoms with van der Waals surface area (Å²) in [5, 5.41) is 1.28. The topological polar surface area (TPSA) is 56.3 Å². The number of carbonyl (C=O) groups excluding carboxylic acids is 2. The van der Waals surface area contributed by atoms with Crippen molar-refractivity contribution < 1.29 is 14.3 Å². The zero-order valence-electron chi connectivity index (χ0n) is 18.6. The highest BCUT2D eigenvalue weighted by molar-refractivity contribution is 6.30. The highest BCUT2D eigenvalue weighted by Gasteiger charge is 2.17. The van der Waals surface area contributed by atoms with Gasteiger partial charge in [-0.2, -0.15) is 0 Å². The molecule has 0 unspecified atom stereocenters. The number of pyridine rings is 1. The number of esters is 1. The molecule has 0 aliphatic carbocycles. The molecule has 0 atom stereocenters. The molecule has 5 heteroatoms. The summed E-state index contributed by atoms with van der Waals surface area (Å²) in [4.78, 5) is 30.4. The summed E-state index contributed by atoms with van der Waals surface area (Å²) < 4.78 is 5.44. The van der Waals surface area contributed by atoms with E-state index < -0.39 is 5.97 Å². The number of benzene rings is 4. The SMILES string of the molecule is O=C(COC(=O)c1cc(-c2ccc(Cl)cc2)nc2ccccc12)c1ccc(-c2ccccc2)cc1. The molecular weight excluding hydrogens is 458 g/mol. The summed E-state index contributed by atoms with van der Waals surface area (Å²) in [7, 11) is 0. The number of hydrogen-bond donors (Lipinski definition) is 0. The number of rotatable bonds is 6. The Bertz CT molecular complexity index is 1510. The number of ether oxygens (including phenoxy) is 1. The number of Topliss-reactive ketones (excluding diaryl/α,β-unsaturated/α-hetero) is 1. The van der Waals surface area contributed by atoms with E-state index in [0.29, 0.717) is 32.7 Å². The van der Waals surface area contributed by atoms with E-state index in [0.717, 1.165) is 16.7 Å². The number of nitrogens with zero attached hydrogens (tertiary/aromatic N) is 1. The number of hydrogen-bond acceptors (Lipinski definition) is 4. The average Bonchev–Trinajstić information content (AvgIpc) is 2.92. The maximum absolute atomic E-state index is 13.0. The third kappa shape index (κ3) is 4.98. The van der Waals surface area contributed by atoms with E-state index in [1.54, 1.807) is 30.3 Å². The lowest BCUT2D eigenvalue weighted by atomic mass is 10.0. The second-order valence-corrected chi connectivity index (χ2v) is 8.46. The highest BCUT2D eigenvalue weighted by atomic mass is 35.5. The Labute approximate surface area is 207 Å². The van der Waals surface area contributed by atoms with Crippen LogP contribution in [-0.2, 0) is 4.74 Å². The molecule has 0 spiro atoms. The molecule has 0 N–H and O–H groups in total. The van der Waals surface area contributed by atoms with Gasteiger partial charge in [0.2, 0.25) is 0 Å². The van der Waals surface area contributed by atoms with E-state index in [9.17, 15) is 9.59 Å². The minimum absolute atomic E-state index is 0.269. The van der Waals surface area contributed by atoms with Gasteiger partial charge in [0.25, 0.3) is 0 Å². The van der Waals surface area contributed by atoms with Crippen LogP contribution in [0.2, 0.25) is 5.02 Å². The number of ketones is 1. The van der Waals surface area contributed by atoms with E-state index in [4.69, 9.17) is 16.3 Å². The Morgan fingerprint density at radius 1 is 0.714 bits per heavy atom. The van der Waals surface area contributed by atoms with Gasteiger partial charge in [0, 0.05) is 21.5 Å². The lowest BCUT2D eigenvalue weighted by Crippen LogP contribution is -2.15. The largest absolute Gasteiger partial charge is 0.454 e. The second kappa shape index (κ2) is 9.92. The lowest BCUT2D eigenvalue weighted by Gasteiger charge is -2.10. The highest BCUT2D eigenvalue weighted by Crippen LogP contribution is 2.26. The summed E-state index contributed by atoms with van der Waals surface area (Å²) in [6, 6.07) is 33.5. The number of carbonyl (C=O) groups is 2. The van der Waals surface area contributed by atoms with Gasteiger partial charge in [-0.15, -0.1) is 0 Å². The van der Waals surface area contributed by atoms with Crippen molar-refractivity contribution >= 4 is 34.3 Å². The molecule has 0 radical (unpaired) electrons. The third-order valence-corrected chi connectivity index (χ3v) is 5.98. The molecule has 0 saturated heterocycles. The first-order valence-electron chi connectivity index (χ1n) is 11.1. The predicted molar refractivity (Wildman–Crippen MR) is 139 cm³/mol. The summed E-state index contributed by atoms with van der Waals surface area (Å²) >= 11 is 6.01. The molecule has 5 aromatic rings. The number of fused-ring (bicyclic) bond motifs is 1. The van der Waals surface area contributed by atoms with E-state index in [1.165, 1.54) is 0 Å². The number of aromatic nitrogens is 1. The van der Waals surface area contributed by atoms with Crippen LogP contribution in [-0.4, -0.2) is 23.3 Å². The van der Waals surface area contributed by atoms with E-state index in [2.05, 4.69) is 4.98 Å². The van der Waals surface area contributed by atoms with Crippen LogP contribution in [0.25, 0.3) is 33.3 Å². The Hall–Kier alpha value is -4.28. The molecule has 4 nitrogen and oxygen atoms in total. The summed E-state index contributed by atoms with van der Waals surface area (Å²) in [5.74, 6) is -0.845. The first-order chi connectivity index (χ1) is 17.1. The van der Waals surface area contributed by atoms with E-state index in [1.807, 2.05) is 78.9 Å². The summed E-state index contributed by atoms with van der Waals surface area (Å²) in [6.45, 7) is -0.351. The zero-order chi connectivity index (χ0) is 24.2. The summed E-state index contributed by atoms with van der Waals surface area (Å²) in [5.41, 5.74) is 5.02. The molecule has 5 rings (SSSR count). The summed E-state index contributed by atoms with van der Waals surface area (Å²) in [6.07, 6.45) is 0. The van der Waals surface area contributed by atoms with Crippen LogP contribution >= 0.6 is 11.6 Å². The van der Waals surface area contributed by atoms with Gasteiger partial charge in [-0.05, 0) is 35.4 Å². The Kier molecular flexibility index (Phi) is 6.38. The van der Waals surface area contributed by atoms with Gasteiger partial charge in [0.15, 0.2) is 12.4 Å². The Morgan fingerprint density at radius 2 is 1.34 bits per heavy atom. The normalized spacial score (nSPS) is 10.8. The monoisotopic (exact) mass is 477 g/mol. The molecule has 4 aromatic carbocycles. The van der Waals surface area contributed by atoms with Crippen molar-refractivity contribution in [1.82, 2.24) is 4.98 Å². The van der Waals surface area contributed by atoms with Crippen molar-refractivity contribution in [2.45, 2.75) is 0 Å². The van der Waals surface area contributed by atoms with Crippen LogP contribution in [0, 0.1) is 0 Å². The van der Waals surface area contributed by atoms with E-state index in [-0.39, 0.29) is 12.4 Å². The zero-order valence-corrected chi connectivity index (χ0v) is 19.4. The Balaban J connectivity index is 1.36. The smallest absolute Gasteiger partial charge is 0.339 e. The third-order valence-electron chi connectivity index (χ3n) is 5.72. The van der Waals surface area contributed by atoms with Crippen molar-refractivity contribution in [1.29, 1.82) is 0 Å². The van der Waals surface area contributed by atoms with Crippen LogP contribution in [0.5, 0.6) is 0 Å². The van der Waals surface area contributed by atoms with Crippen molar-refractivity contribution in [3.05, 3.63) is 125 Å². The number of halogens is 1. The molecule has 35 heavy (non-hydrogen) atoms. The molecule has 0 bridgehead atoms. The molecule has 1 aromatic heterocycles. The van der Waals surface area contributed by atoms with Crippen LogP contribution in [0.3, 0.4) is 0 Å². The predicted octanol–water partition coefficient (Wildman–Crippen LogP) is 7.26. The van der Waals surface area contributed by atoms with Gasteiger partial charge in [-0.25, -0.2) is 9.78 Å². The van der Waals surface area contributed by atoms with Crippen molar-refractivity contribution in [2.75, 3.05) is 6.61 Å². The molecular formula is C30H20ClNO3. The first-order valence-corrected chi connectivity index (χ1v) is 11.5. The van der Waals surface area contributed by atoms with Gasteiger partial charge < -0.3 is 4.74 Å². The lowest BCUT2D eigenvalue weighted by molar-refractivity contribution is 0.0476. The van der Waals surface area contributed by atoms with Crippen LogP contribution in [0.4, 0.5) is 0 Å². The minimum atomic E-state index is -0.576. The molecule has 0 saturated carbocycles. The van der Waals surface area contributed by atoms with Gasteiger partial charge in [-0.1, -0.05) is 96.5 Å². The quantitative estimate of drug-likeness (QED) is 0.191. The molecule has 0 aliphatic heterocycles. The van der Waals surface area contributed by atoms with E-state index >= 15 is 0 Å². The fourth-order valence-corrected chi connectivity index (χ4v) is 4.01. The molecule has 0 fully saturated rings. The molecule has 1 heterocycles. The van der Waals surface area contributed by atoms with Gasteiger partial charge in [-0.3, -0.25) is 4.79 Å². The standard InChI is InChI=1S/C30H20ClNO3/c31-24-16-14-22(15-17-24)28-18-26(25-8-4-5-9-27(25)32-28)30(34)35-19-29(33)23-12-10-21(11-13-23)20-6-2-1-3-7-20/h1-18H,19H2. The molecule has 170 valence electrons. The van der Waals surface area contributed by atoms with Crippen LogP contribution in [0.15, 0.2) is 109 Å². The molecule has 0 amide bonds. The Morgan fingerprint density at radius 3 is 2.09 bits per heavy atom. The maximum Gasteiger partial charge on any atom is 0.339 e. The first kappa shape index (κ1) is 22.5. The van der Waals surface area contributed by atoms with Crippen molar-refractivity contribution in [3.8, 4) is 22.4 Å². The average molecular weight is 478 g/mol. The van der Waals surface area contributed by atoms with Crippen molar-refractivity contribution in [2.24, 2.45) is 0 Å². The minimum Gasteiger partial charge on any atom is -0.454 e. The van der Waals surface area contributed by atoms with Crippen molar-refractivity contribution in [3.63, 3.8) is 0 Å². The fourth-order valence-electron chi connectivity index (χ4n) is 3.88. The van der Waals surface area contributed by atoms with Gasteiger partial charge in [0.1, 0.15) is 0 Å². The van der Waals surface area contributed by atoms with Gasteiger partial charge in [0.05, 0.1) is 16.8 Å². The maximum atomic E-state index is 13.0. The molecule has 0 aliphatic rings. The van der Waals surface area contributed by atoms with Crippen LogP contribution in [0.1, 0.15) is 20.7 Å².